The number of halogens is 3. The summed E-state index contributed by atoms with van der Waals surface area (Å²) in [4.78, 5) is 31.4. The van der Waals surface area contributed by atoms with Gasteiger partial charge in [-0.1, -0.05) is 0 Å². The summed E-state index contributed by atoms with van der Waals surface area (Å²) in [5, 5.41) is 0. The summed E-state index contributed by atoms with van der Waals surface area (Å²) in [5.74, 6) is -3.15. The molecule has 102 valence electrons. The molecule has 19 heavy (non-hydrogen) atoms. The Morgan fingerprint density at radius 2 is 1.74 bits per heavy atom. The number of primary amides is 1. The topological polar surface area (TPSA) is 95.7 Å². The van der Waals surface area contributed by atoms with E-state index in [0.29, 0.717) is 6.07 Å². The molecular weight excluding hydrogens is 271 g/mol. The van der Waals surface area contributed by atoms with Gasteiger partial charge in [0.25, 0.3) is 12.9 Å². The number of alkyl halides is 3. The van der Waals surface area contributed by atoms with Crippen molar-refractivity contribution in [2.24, 2.45) is 5.73 Å². The molecule has 0 bridgehead atoms. The van der Waals surface area contributed by atoms with Crippen LogP contribution < -0.4 is 15.2 Å². The molecule has 0 saturated carbocycles. The number of carbonyl (C=O) groups excluding carboxylic acids is 3. The number of rotatable bonds is 5. The van der Waals surface area contributed by atoms with Crippen LogP contribution in [0.3, 0.4) is 0 Å². The van der Waals surface area contributed by atoms with Gasteiger partial charge in [-0.15, -0.1) is 0 Å². The Balaban J connectivity index is 3.65. The Labute approximate surface area is 103 Å². The number of benzene rings is 1. The van der Waals surface area contributed by atoms with Gasteiger partial charge in [0.05, 0.1) is 5.56 Å². The van der Waals surface area contributed by atoms with Crippen molar-refractivity contribution in [2.75, 3.05) is 0 Å². The molecule has 0 heterocycles. The van der Waals surface area contributed by atoms with Gasteiger partial charge in [0.15, 0.2) is 11.5 Å². The average Bonchev–Trinajstić information content (AvgIpc) is 2.29. The van der Waals surface area contributed by atoms with Gasteiger partial charge in [-0.3, -0.25) is 14.4 Å². The highest BCUT2D eigenvalue weighted by Gasteiger charge is 2.40. The normalized spacial score (nSPS) is 10.7. The van der Waals surface area contributed by atoms with Crippen LogP contribution in [0, 0.1) is 0 Å². The lowest BCUT2D eigenvalue weighted by molar-refractivity contribution is -0.140. The molecule has 1 rings (SSSR count). The Bertz CT molecular complexity index is 527. The van der Waals surface area contributed by atoms with Gasteiger partial charge >= 0.3 is 6.18 Å². The average molecular weight is 277 g/mol. The third-order valence-electron chi connectivity index (χ3n) is 2.01. The van der Waals surface area contributed by atoms with Crippen LogP contribution in [-0.4, -0.2) is 18.9 Å². The SMILES string of the molecule is NC(=O)c1ccc(OC=O)c(OC=O)c1C(F)(F)F. The Morgan fingerprint density at radius 1 is 1.16 bits per heavy atom. The molecule has 1 aromatic rings. The van der Waals surface area contributed by atoms with Gasteiger partial charge in [-0.2, -0.15) is 13.2 Å². The van der Waals surface area contributed by atoms with Gasteiger partial charge in [0, 0.05) is 0 Å². The summed E-state index contributed by atoms with van der Waals surface area (Å²) in [6.07, 6.45) is -5.04. The van der Waals surface area contributed by atoms with E-state index >= 15 is 0 Å². The molecule has 0 aromatic heterocycles. The van der Waals surface area contributed by atoms with E-state index < -0.39 is 34.7 Å². The lowest BCUT2D eigenvalue weighted by Crippen LogP contribution is -2.20. The number of amides is 1. The van der Waals surface area contributed by atoms with E-state index in [1.807, 2.05) is 0 Å². The van der Waals surface area contributed by atoms with Gasteiger partial charge in [-0.25, -0.2) is 0 Å². The molecule has 1 amide bonds. The summed E-state index contributed by atoms with van der Waals surface area (Å²) in [5.41, 5.74) is 2.30. The summed E-state index contributed by atoms with van der Waals surface area (Å²) in [6, 6.07) is 1.56. The van der Waals surface area contributed by atoms with Crippen molar-refractivity contribution in [2.45, 2.75) is 6.18 Å². The van der Waals surface area contributed by atoms with Crippen LogP contribution in [0.4, 0.5) is 13.2 Å². The van der Waals surface area contributed by atoms with Gasteiger partial charge < -0.3 is 15.2 Å². The van der Waals surface area contributed by atoms with E-state index in [4.69, 9.17) is 5.73 Å². The molecule has 6 nitrogen and oxygen atoms in total. The molecule has 0 spiro atoms. The first-order valence-electron chi connectivity index (χ1n) is 4.57. The zero-order valence-electron chi connectivity index (χ0n) is 9.06. The first kappa shape index (κ1) is 14.5. The highest BCUT2D eigenvalue weighted by Crippen LogP contribution is 2.43. The van der Waals surface area contributed by atoms with Crippen LogP contribution >= 0.6 is 0 Å². The molecule has 0 aliphatic carbocycles. The minimum absolute atomic E-state index is 0.156. The van der Waals surface area contributed by atoms with Crippen LogP contribution in [0.1, 0.15) is 15.9 Å². The maximum absolute atomic E-state index is 12.9. The molecule has 0 aliphatic rings. The Hall–Kier alpha value is -2.58. The third kappa shape index (κ3) is 3.00. The van der Waals surface area contributed by atoms with Crippen LogP contribution in [0.25, 0.3) is 0 Å². The van der Waals surface area contributed by atoms with E-state index in [-0.39, 0.29) is 12.9 Å². The largest absolute Gasteiger partial charge is 0.425 e. The number of ether oxygens (including phenoxy) is 2. The quantitative estimate of drug-likeness (QED) is 0.806. The molecule has 0 saturated heterocycles. The lowest BCUT2D eigenvalue weighted by atomic mass is 10.0. The monoisotopic (exact) mass is 277 g/mol. The minimum Gasteiger partial charge on any atom is -0.425 e. The van der Waals surface area contributed by atoms with Crippen molar-refractivity contribution in [1.29, 1.82) is 0 Å². The fourth-order valence-corrected chi connectivity index (χ4v) is 1.36. The van der Waals surface area contributed by atoms with E-state index in [1.54, 1.807) is 0 Å². The smallest absolute Gasteiger partial charge is 0.420 e. The molecule has 0 unspecified atom stereocenters. The molecule has 0 radical (unpaired) electrons. The maximum Gasteiger partial charge on any atom is 0.420 e. The molecule has 2 N–H and O–H groups in total. The standard InChI is InChI=1S/C10H6F3NO5/c11-10(12,13)7-5(9(14)17)1-2-6(18-3-15)8(7)19-4-16/h1-4H,(H2,14,17). The van der Waals surface area contributed by atoms with Crippen molar-refractivity contribution in [3.05, 3.63) is 23.3 Å². The van der Waals surface area contributed by atoms with E-state index in [1.165, 1.54) is 0 Å². The first-order chi connectivity index (χ1) is 8.82. The fourth-order valence-electron chi connectivity index (χ4n) is 1.36. The predicted molar refractivity (Wildman–Crippen MR) is 53.3 cm³/mol. The lowest BCUT2D eigenvalue weighted by Gasteiger charge is -2.16. The van der Waals surface area contributed by atoms with Crippen molar-refractivity contribution >= 4 is 18.9 Å². The number of nitrogens with two attached hydrogens (primary N) is 1. The second-order valence-electron chi connectivity index (χ2n) is 3.11. The van der Waals surface area contributed by atoms with Gasteiger partial charge in [0.1, 0.15) is 5.56 Å². The summed E-state index contributed by atoms with van der Waals surface area (Å²) >= 11 is 0. The number of hydrogen-bond acceptors (Lipinski definition) is 5. The first-order valence-corrected chi connectivity index (χ1v) is 4.57. The van der Waals surface area contributed by atoms with Crippen molar-refractivity contribution in [1.82, 2.24) is 0 Å². The molecule has 0 fully saturated rings. The molecule has 1 aromatic carbocycles. The molecule has 9 heteroatoms. The van der Waals surface area contributed by atoms with Gasteiger partial charge in [-0.05, 0) is 12.1 Å². The number of carbonyl (C=O) groups is 3. The van der Waals surface area contributed by atoms with Crippen LogP contribution in [0.15, 0.2) is 12.1 Å². The van der Waals surface area contributed by atoms with Crippen molar-refractivity contribution in [3.63, 3.8) is 0 Å². The molecular formula is C10H6F3NO5. The van der Waals surface area contributed by atoms with Gasteiger partial charge in [0.2, 0.25) is 5.91 Å². The minimum atomic E-state index is -5.04. The summed E-state index contributed by atoms with van der Waals surface area (Å²) in [7, 11) is 0. The maximum atomic E-state index is 12.9. The van der Waals surface area contributed by atoms with E-state index in [9.17, 15) is 27.6 Å². The van der Waals surface area contributed by atoms with Crippen LogP contribution in [0.5, 0.6) is 11.5 Å². The van der Waals surface area contributed by atoms with Crippen molar-refractivity contribution in [3.8, 4) is 11.5 Å². The highest BCUT2D eigenvalue weighted by atomic mass is 19.4. The number of hydrogen-bond donors (Lipinski definition) is 1. The highest BCUT2D eigenvalue weighted by molar-refractivity contribution is 5.96. The zero-order chi connectivity index (χ0) is 14.6. The Kier molecular flexibility index (Phi) is 4.10. The van der Waals surface area contributed by atoms with Crippen molar-refractivity contribution < 1.29 is 37.0 Å². The summed E-state index contributed by atoms with van der Waals surface area (Å²) in [6.45, 7) is -0.454. The molecule has 0 atom stereocenters. The van der Waals surface area contributed by atoms with Crippen LogP contribution in [0.2, 0.25) is 0 Å². The predicted octanol–water partition coefficient (Wildman–Crippen LogP) is 0.875. The van der Waals surface area contributed by atoms with E-state index in [2.05, 4.69) is 9.47 Å². The third-order valence-corrected chi connectivity index (χ3v) is 2.01. The fraction of sp³-hybridized carbons (Fsp3) is 0.100. The second-order valence-corrected chi connectivity index (χ2v) is 3.11. The second kappa shape index (κ2) is 5.38. The summed E-state index contributed by atoms with van der Waals surface area (Å²) < 4.78 is 47.0. The Morgan fingerprint density at radius 3 is 2.16 bits per heavy atom. The van der Waals surface area contributed by atoms with Crippen LogP contribution in [-0.2, 0) is 15.8 Å². The van der Waals surface area contributed by atoms with E-state index in [0.717, 1.165) is 6.07 Å². The molecule has 0 aliphatic heterocycles. The zero-order valence-corrected chi connectivity index (χ0v) is 9.06.